The quantitative estimate of drug-likeness (QED) is 0.872. The molecule has 1 aliphatic rings. The molecule has 0 aliphatic heterocycles. The van der Waals surface area contributed by atoms with Crippen LogP contribution in [-0.4, -0.2) is 22.7 Å². The lowest BCUT2D eigenvalue weighted by atomic mass is 9.85. The van der Waals surface area contributed by atoms with Gasteiger partial charge in [-0.25, -0.2) is 4.98 Å². The maximum Gasteiger partial charge on any atom is 0.145 e. The first-order valence-corrected chi connectivity index (χ1v) is 7.00. The van der Waals surface area contributed by atoms with Gasteiger partial charge in [0.2, 0.25) is 0 Å². The molecule has 1 saturated carbocycles. The summed E-state index contributed by atoms with van der Waals surface area (Å²) in [6.45, 7) is 2.37. The fraction of sp³-hybridized carbons (Fsp3) is 0.600. The highest BCUT2D eigenvalue weighted by Gasteiger charge is 2.21. The van der Waals surface area contributed by atoms with Gasteiger partial charge in [0.25, 0.3) is 0 Å². The van der Waals surface area contributed by atoms with Gasteiger partial charge in [0, 0.05) is 6.54 Å². The molecule has 1 fully saturated rings. The van der Waals surface area contributed by atoms with Crippen LogP contribution in [0.15, 0.2) is 12.1 Å². The minimum Gasteiger partial charge on any atom is -0.391 e. The van der Waals surface area contributed by atoms with Gasteiger partial charge >= 0.3 is 0 Å². The number of rotatable bonds is 4. The van der Waals surface area contributed by atoms with Crippen molar-refractivity contribution in [2.45, 2.75) is 45.1 Å². The van der Waals surface area contributed by atoms with Crippen LogP contribution in [0.1, 0.15) is 43.4 Å². The third kappa shape index (κ3) is 3.68. The van der Waals surface area contributed by atoms with Gasteiger partial charge in [-0.15, -0.1) is 0 Å². The average molecular weight is 259 g/mol. The van der Waals surface area contributed by atoms with Crippen LogP contribution in [-0.2, 0) is 0 Å². The molecule has 1 heterocycles. The molecule has 0 bridgehead atoms. The molecule has 2 N–H and O–H groups in total. The van der Waals surface area contributed by atoms with Gasteiger partial charge in [0.05, 0.1) is 6.10 Å². The maximum absolute atomic E-state index is 10.2. The van der Waals surface area contributed by atoms with Crippen LogP contribution in [0.3, 0.4) is 0 Å². The zero-order chi connectivity index (χ0) is 13.7. The van der Waals surface area contributed by atoms with Crippen molar-refractivity contribution in [1.82, 2.24) is 4.98 Å². The SMILES string of the molecule is Cc1ccc(NCC(O)C2CCCCC2)nc1C#N. The molecular formula is C15H21N3O. The number of nitrogens with zero attached hydrogens (tertiary/aromatic N) is 2. The van der Waals surface area contributed by atoms with Gasteiger partial charge in [0.1, 0.15) is 17.6 Å². The summed E-state index contributed by atoms with van der Waals surface area (Å²) >= 11 is 0. The average Bonchev–Trinajstić information content (AvgIpc) is 2.47. The first-order chi connectivity index (χ1) is 9.20. The number of aryl methyl sites for hydroxylation is 1. The third-order valence-electron chi connectivity index (χ3n) is 3.89. The van der Waals surface area contributed by atoms with Crippen LogP contribution in [0.5, 0.6) is 0 Å². The maximum atomic E-state index is 10.2. The minimum atomic E-state index is -0.325. The van der Waals surface area contributed by atoms with E-state index in [1.807, 2.05) is 19.1 Å². The number of aliphatic hydroxyl groups excluding tert-OH is 1. The summed E-state index contributed by atoms with van der Waals surface area (Å²) in [5.74, 6) is 1.07. The summed E-state index contributed by atoms with van der Waals surface area (Å²) in [5.41, 5.74) is 1.32. The smallest absolute Gasteiger partial charge is 0.145 e. The number of anilines is 1. The molecule has 0 amide bonds. The molecule has 19 heavy (non-hydrogen) atoms. The van der Waals surface area contributed by atoms with E-state index in [0.717, 1.165) is 18.4 Å². The molecule has 4 nitrogen and oxygen atoms in total. The minimum absolute atomic E-state index is 0.325. The standard InChI is InChI=1S/C15H21N3O/c1-11-7-8-15(18-13(11)9-16)17-10-14(19)12-5-3-2-4-6-12/h7-8,12,14,19H,2-6,10H2,1H3,(H,17,18). The summed E-state index contributed by atoms with van der Waals surface area (Å²) in [4.78, 5) is 4.22. The van der Waals surface area contributed by atoms with E-state index in [-0.39, 0.29) is 6.10 Å². The topological polar surface area (TPSA) is 68.9 Å². The summed E-state index contributed by atoms with van der Waals surface area (Å²) in [7, 11) is 0. The van der Waals surface area contributed by atoms with Crippen molar-refractivity contribution in [3.63, 3.8) is 0 Å². The number of hydrogen-bond donors (Lipinski definition) is 2. The highest BCUT2D eigenvalue weighted by molar-refractivity contribution is 5.42. The molecule has 0 aromatic carbocycles. The van der Waals surface area contributed by atoms with Crippen LogP contribution in [0.4, 0.5) is 5.82 Å². The molecule has 1 unspecified atom stereocenters. The Bertz CT molecular complexity index is 461. The van der Waals surface area contributed by atoms with Gasteiger partial charge in [-0.05, 0) is 37.3 Å². The van der Waals surface area contributed by atoms with E-state index in [2.05, 4.69) is 16.4 Å². The lowest BCUT2D eigenvalue weighted by Crippen LogP contribution is -2.30. The van der Waals surface area contributed by atoms with Crippen molar-refractivity contribution in [2.24, 2.45) is 5.92 Å². The molecule has 102 valence electrons. The molecule has 4 heteroatoms. The normalized spacial score (nSPS) is 17.7. The van der Waals surface area contributed by atoms with Crippen LogP contribution < -0.4 is 5.32 Å². The number of aliphatic hydroxyl groups is 1. The summed E-state index contributed by atoms with van der Waals surface area (Å²) < 4.78 is 0. The second kappa shape index (κ2) is 6.53. The van der Waals surface area contributed by atoms with E-state index >= 15 is 0 Å². The monoisotopic (exact) mass is 259 g/mol. The Hall–Kier alpha value is -1.60. The van der Waals surface area contributed by atoms with Gasteiger partial charge in [0.15, 0.2) is 0 Å². The third-order valence-corrected chi connectivity index (χ3v) is 3.89. The van der Waals surface area contributed by atoms with Gasteiger partial charge < -0.3 is 10.4 Å². The van der Waals surface area contributed by atoms with Gasteiger partial charge in [-0.1, -0.05) is 25.3 Å². The van der Waals surface area contributed by atoms with Crippen molar-refractivity contribution >= 4 is 5.82 Å². The molecule has 0 spiro atoms. The van der Waals surface area contributed by atoms with Crippen LogP contribution in [0, 0.1) is 24.2 Å². The van der Waals surface area contributed by atoms with Crippen molar-refractivity contribution in [3.8, 4) is 6.07 Å². The molecule has 0 radical (unpaired) electrons. The Kier molecular flexibility index (Phi) is 4.75. The summed E-state index contributed by atoms with van der Waals surface area (Å²) in [6.07, 6.45) is 5.66. The fourth-order valence-corrected chi connectivity index (χ4v) is 2.64. The fourth-order valence-electron chi connectivity index (χ4n) is 2.64. The summed E-state index contributed by atoms with van der Waals surface area (Å²) in [6, 6.07) is 5.80. The number of hydrogen-bond acceptors (Lipinski definition) is 4. The molecule has 0 saturated heterocycles. The number of nitriles is 1. The van der Waals surface area contributed by atoms with Crippen LogP contribution >= 0.6 is 0 Å². The number of aromatic nitrogens is 1. The second-order valence-electron chi connectivity index (χ2n) is 5.32. The van der Waals surface area contributed by atoms with Crippen molar-refractivity contribution < 1.29 is 5.11 Å². The zero-order valence-electron chi connectivity index (χ0n) is 11.4. The molecule has 1 atom stereocenters. The molecule has 2 rings (SSSR count). The van der Waals surface area contributed by atoms with Crippen molar-refractivity contribution in [2.75, 3.05) is 11.9 Å². The summed E-state index contributed by atoms with van der Waals surface area (Å²) in [5, 5.41) is 22.2. The van der Waals surface area contributed by atoms with E-state index in [1.165, 1.54) is 19.3 Å². The molecule has 1 aromatic heterocycles. The van der Waals surface area contributed by atoms with Crippen molar-refractivity contribution in [1.29, 1.82) is 5.26 Å². The Balaban J connectivity index is 1.89. The van der Waals surface area contributed by atoms with E-state index in [9.17, 15) is 5.11 Å². The first-order valence-electron chi connectivity index (χ1n) is 7.00. The Morgan fingerprint density at radius 3 is 2.84 bits per heavy atom. The molecule has 1 aromatic rings. The second-order valence-corrected chi connectivity index (χ2v) is 5.32. The van der Waals surface area contributed by atoms with Crippen LogP contribution in [0.2, 0.25) is 0 Å². The van der Waals surface area contributed by atoms with Gasteiger partial charge in [-0.3, -0.25) is 0 Å². The predicted octanol–water partition coefficient (Wildman–Crippen LogP) is 2.61. The van der Waals surface area contributed by atoms with E-state index < -0.39 is 0 Å². The lowest BCUT2D eigenvalue weighted by Gasteiger charge is -2.26. The number of pyridine rings is 1. The zero-order valence-corrected chi connectivity index (χ0v) is 11.4. The highest BCUT2D eigenvalue weighted by atomic mass is 16.3. The Morgan fingerprint density at radius 1 is 1.42 bits per heavy atom. The van der Waals surface area contributed by atoms with E-state index in [0.29, 0.717) is 24.0 Å². The lowest BCUT2D eigenvalue weighted by molar-refractivity contribution is 0.0956. The Morgan fingerprint density at radius 2 is 2.16 bits per heavy atom. The van der Waals surface area contributed by atoms with Gasteiger partial charge in [-0.2, -0.15) is 5.26 Å². The number of nitrogens with one attached hydrogen (secondary N) is 1. The first kappa shape index (κ1) is 13.8. The van der Waals surface area contributed by atoms with Crippen LogP contribution in [0.25, 0.3) is 0 Å². The Labute approximate surface area is 114 Å². The largest absolute Gasteiger partial charge is 0.391 e. The van der Waals surface area contributed by atoms with Crippen molar-refractivity contribution in [3.05, 3.63) is 23.4 Å². The molecule has 1 aliphatic carbocycles. The molecular weight excluding hydrogens is 238 g/mol. The predicted molar refractivity (Wildman–Crippen MR) is 74.8 cm³/mol. The van der Waals surface area contributed by atoms with E-state index in [1.54, 1.807) is 0 Å². The highest BCUT2D eigenvalue weighted by Crippen LogP contribution is 2.26. The van der Waals surface area contributed by atoms with E-state index in [4.69, 9.17) is 5.26 Å².